The van der Waals surface area contributed by atoms with Gasteiger partial charge in [0.05, 0.1) is 12.2 Å². The fraction of sp³-hybridized carbons (Fsp3) is 0.259. The Hall–Kier alpha value is -3.60. The van der Waals surface area contributed by atoms with Crippen LogP contribution in [0.4, 0.5) is 5.69 Å². The zero-order valence-electron chi connectivity index (χ0n) is 18.1. The van der Waals surface area contributed by atoms with E-state index in [0.717, 1.165) is 12.1 Å². The van der Waals surface area contributed by atoms with E-state index < -0.39 is 0 Å². The van der Waals surface area contributed by atoms with E-state index in [-0.39, 0.29) is 30.6 Å². The van der Waals surface area contributed by atoms with Crippen molar-refractivity contribution in [1.82, 2.24) is 5.32 Å². The quantitative estimate of drug-likeness (QED) is 0.573. The summed E-state index contributed by atoms with van der Waals surface area (Å²) in [5.41, 5.74) is 3.24. The van der Waals surface area contributed by atoms with Gasteiger partial charge in [0.25, 0.3) is 0 Å². The molecule has 0 aromatic heterocycles. The van der Waals surface area contributed by atoms with Gasteiger partial charge in [0.15, 0.2) is 0 Å². The first-order valence-electron chi connectivity index (χ1n) is 11.1. The van der Waals surface area contributed by atoms with E-state index in [0.29, 0.717) is 25.4 Å². The van der Waals surface area contributed by atoms with Gasteiger partial charge in [-0.25, -0.2) is 0 Å². The molecule has 5 heteroatoms. The third-order valence-electron chi connectivity index (χ3n) is 5.75. The molecular formula is C27H28N2O3. The number of nitrogens with zero attached hydrogens (tertiary/aromatic N) is 1. The molecule has 0 saturated heterocycles. The van der Waals surface area contributed by atoms with Crippen LogP contribution in [-0.4, -0.2) is 31.5 Å². The second kappa shape index (κ2) is 10.6. The van der Waals surface area contributed by atoms with Crippen molar-refractivity contribution in [3.8, 4) is 5.75 Å². The molecule has 0 spiro atoms. The van der Waals surface area contributed by atoms with Gasteiger partial charge in [-0.3, -0.25) is 9.59 Å². The smallest absolute Gasteiger partial charge is 0.227 e. The summed E-state index contributed by atoms with van der Waals surface area (Å²) in [4.78, 5) is 26.8. The standard InChI is InChI=1S/C27H28N2O3/c30-26(15-16-27(31)29-19-20-32-25-14-8-7-13-24(25)29)28-18-17-23(21-9-3-1-4-10-21)22-11-5-2-6-12-22/h1-14,23H,15-20H2,(H,28,30). The van der Waals surface area contributed by atoms with Gasteiger partial charge in [-0.05, 0) is 29.7 Å². The predicted molar refractivity (Wildman–Crippen MR) is 126 cm³/mol. The number of nitrogens with one attached hydrogen (secondary N) is 1. The van der Waals surface area contributed by atoms with Crippen molar-refractivity contribution in [2.75, 3.05) is 24.6 Å². The summed E-state index contributed by atoms with van der Waals surface area (Å²) in [6.07, 6.45) is 1.16. The van der Waals surface area contributed by atoms with Gasteiger partial charge in [0, 0.05) is 25.3 Å². The van der Waals surface area contributed by atoms with E-state index in [1.54, 1.807) is 4.90 Å². The lowest BCUT2D eigenvalue weighted by atomic mass is 9.88. The molecule has 0 saturated carbocycles. The largest absolute Gasteiger partial charge is 0.490 e. The SMILES string of the molecule is O=C(CCC(=O)N1CCOc2ccccc21)NCCC(c1ccccc1)c1ccccc1. The Morgan fingerprint density at radius 1 is 0.844 bits per heavy atom. The number of carbonyl (C=O) groups is 2. The molecule has 0 bridgehead atoms. The molecule has 0 radical (unpaired) electrons. The number of fused-ring (bicyclic) bond motifs is 1. The van der Waals surface area contributed by atoms with Gasteiger partial charge in [0.2, 0.25) is 11.8 Å². The predicted octanol–water partition coefficient (Wildman–Crippen LogP) is 4.53. The van der Waals surface area contributed by atoms with Gasteiger partial charge in [0.1, 0.15) is 12.4 Å². The summed E-state index contributed by atoms with van der Waals surface area (Å²) < 4.78 is 5.60. The van der Waals surface area contributed by atoms with Crippen molar-refractivity contribution in [2.24, 2.45) is 0 Å². The molecule has 0 fully saturated rings. The van der Waals surface area contributed by atoms with E-state index >= 15 is 0 Å². The molecule has 4 rings (SSSR count). The highest BCUT2D eigenvalue weighted by molar-refractivity contribution is 5.97. The second-order valence-corrected chi connectivity index (χ2v) is 7.87. The summed E-state index contributed by atoms with van der Waals surface area (Å²) in [6.45, 7) is 1.53. The van der Waals surface area contributed by atoms with E-state index in [1.807, 2.05) is 60.7 Å². The van der Waals surface area contributed by atoms with Crippen LogP contribution in [0, 0.1) is 0 Å². The molecular weight excluding hydrogens is 400 g/mol. The van der Waals surface area contributed by atoms with Gasteiger partial charge in [-0.15, -0.1) is 0 Å². The van der Waals surface area contributed by atoms with Crippen LogP contribution >= 0.6 is 0 Å². The number of ether oxygens (including phenoxy) is 1. The molecule has 2 amide bonds. The number of rotatable bonds is 8. The maximum atomic E-state index is 12.7. The van der Waals surface area contributed by atoms with E-state index in [2.05, 4.69) is 29.6 Å². The minimum absolute atomic E-state index is 0.0534. The first-order valence-corrected chi connectivity index (χ1v) is 11.1. The van der Waals surface area contributed by atoms with E-state index in [9.17, 15) is 9.59 Å². The first-order chi connectivity index (χ1) is 15.7. The third kappa shape index (κ3) is 5.35. The summed E-state index contributed by atoms with van der Waals surface area (Å²) in [5.74, 6) is 0.774. The average Bonchev–Trinajstić information content (AvgIpc) is 2.86. The molecule has 0 aliphatic carbocycles. The molecule has 164 valence electrons. The normalized spacial score (nSPS) is 12.7. The highest BCUT2D eigenvalue weighted by atomic mass is 16.5. The highest BCUT2D eigenvalue weighted by Gasteiger charge is 2.23. The fourth-order valence-corrected chi connectivity index (χ4v) is 4.12. The number of hydrogen-bond acceptors (Lipinski definition) is 3. The summed E-state index contributed by atoms with van der Waals surface area (Å²) in [5, 5.41) is 3.00. The molecule has 3 aromatic carbocycles. The van der Waals surface area contributed by atoms with Gasteiger partial charge in [-0.2, -0.15) is 0 Å². The number of hydrogen-bond donors (Lipinski definition) is 1. The lowest BCUT2D eigenvalue weighted by Crippen LogP contribution is -2.38. The minimum atomic E-state index is -0.0974. The Balaban J connectivity index is 1.29. The summed E-state index contributed by atoms with van der Waals surface area (Å²) in [6, 6.07) is 28.2. The van der Waals surface area contributed by atoms with Crippen molar-refractivity contribution < 1.29 is 14.3 Å². The average molecular weight is 429 g/mol. The third-order valence-corrected chi connectivity index (χ3v) is 5.75. The lowest BCUT2D eigenvalue weighted by Gasteiger charge is -2.29. The second-order valence-electron chi connectivity index (χ2n) is 7.87. The monoisotopic (exact) mass is 428 g/mol. The number of anilines is 1. The molecule has 1 aliphatic heterocycles. The zero-order valence-corrected chi connectivity index (χ0v) is 18.1. The first kappa shape index (κ1) is 21.6. The molecule has 1 heterocycles. The van der Waals surface area contributed by atoms with Crippen molar-refractivity contribution in [3.63, 3.8) is 0 Å². The number of para-hydroxylation sites is 2. The topological polar surface area (TPSA) is 58.6 Å². The van der Waals surface area contributed by atoms with Crippen molar-refractivity contribution in [2.45, 2.75) is 25.2 Å². The van der Waals surface area contributed by atoms with Crippen LogP contribution in [0.1, 0.15) is 36.3 Å². The molecule has 5 nitrogen and oxygen atoms in total. The van der Waals surface area contributed by atoms with E-state index in [4.69, 9.17) is 4.74 Å². The molecule has 1 N–H and O–H groups in total. The zero-order chi connectivity index (χ0) is 22.2. The van der Waals surface area contributed by atoms with Crippen LogP contribution in [0.2, 0.25) is 0 Å². The van der Waals surface area contributed by atoms with Crippen LogP contribution in [-0.2, 0) is 9.59 Å². The Kier molecular flexibility index (Phi) is 7.18. The Morgan fingerprint density at radius 2 is 1.47 bits per heavy atom. The molecule has 32 heavy (non-hydrogen) atoms. The Morgan fingerprint density at radius 3 is 2.16 bits per heavy atom. The maximum Gasteiger partial charge on any atom is 0.227 e. The Labute approximate surface area is 189 Å². The fourth-order valence-electron chi connectivity index (χ4n) is 4.12. The van der Waals surface area contributed by atoms with Crippen LogP contribution in [0.3, 0.4) is 0 Å². The summed E-state index contributed by atoms with van der Waals surface area (Å²) in [7, 11) is 0. The van der Waals surface area contributed by atoms with E-state index in [1.165, 1.54) is 11.1 Å². The van der Waals surface area contributed by atoms with Crippen molar-refractivity contribution in [1.29, 1.82) is 0 Å². The van der Waals surface area contributed by atoms with Gasteiger partial charge in [-0.1, -0.05) is 72.8 Å². The molecule has 0 atom stereocenters. The molecule has 1 aliphatic rings. The van der Waals surface area contributed by atoms with Crippen LogP contribution < -0.4 is 15.0 Å². The van der Waals surface area contributed by atoms with Crippen LogP contribution in [0.5, 0.6) is 5.75 Å². The van der Waals surface area contributed by atoms with Gasteiger partial charge >= 0.3 is 0 Å². The number of amides is 2. The van der Waals surface area contributed by atoms with Crippen molar-refractivity contribution in [3.05, 3.63) is 96.1 Å². The van der Waals surface area contributed by atoms with Crippen LogP contribution in [0.25, 0.3) is 0 Å². The molecule has 3 aromatic rings. The highest BCUT2D eigenvalue weighted by Crippen LogP contribution is 2.31. The van der Waals surface area contributed by atoms with Crippen molar-refractivity contribution >= 4 is 17.5 Å². The Bertz CT molecular complexity index is 998. The van der Waals surface area contributed by atoms with Gasteiger partial charge < -0.3 is 15.0 Å². The van der Waals surface area contributed by atoms with Crippen LogP contribution in [0.15, 0.2) is 84.9 Å². The minimum Gasteiger partial charge on any atom is -0.490 e. The number of benzene rings is 3. The maximum absolute atomic E-state index is 12.7. The summed E-state index contributed by atoms with van der Waals surface area (Å²) >= 11 is 0. The number of carbonyl (C=O) groups excluding carboxylic acids is 2. The molecule has 0 unspecified atom stereocenters. The lowest BCUT2D eigenvalue weighted by molar-refractivity contribution is -0.125.